The molecule has 0 atom stereocenters. The average molecular weight is 282 g/mol. The highest BCUT2D eigenvalue weighted by Crippen LogP contribution is 2.24. The lowest BCUT2D eigenvalue weighted by molar-refractivity contribution is 0.593. The summed E-state index contributed by atoms with van der Waals surface area (Å²) in [6.45, 7) is 4.35. The minimum Gasteiger partial charge on any atom is -0.271 e. The molecule has 0 spiro atoms. The van der Waals surface area contributed by atoms with Crippen LogP contribution in [0.1, 0.15) is 19.5 Å². The Morgan fingerprint density at radius 3 is 2.37 bits per heavy atom. The molecule has 1 heterocycles. The number of aryl methyl sites for hydroxylation is 2. The van der Waals surface area contributed by atoms with E-state index in [4.69, 9.17) is 0 Å². The molecule has 0 aliphatic heterocycles. The summed E-state index contributed by atoms with van der Waals surface area (Å²) in [6, 6.07) is 4.83. The third kappa shape index (κ3) is 2.53. The van der Waals surface area contributed by atoms with Gasteiger partial charge >= 0.3 is 0 Å². The zero-order valence-electron chi connectivity index (χ0n) is 10.8. The van der Waals surface area contributed by atoms with Crippen LogP contribution in [0.25, 0.3) is 0 Å². The van der Waals surface area contributed by atoms with Crippen molar-refractivity contribution in [2.24, 2.45) is 0 Å². The van der Waals surface area contributed by atoms with Gasteiger partial charge in [0, 0.05) is 12.7 Å². The molecule has 1 aromatic heterocycles. The molecule has 0 unspecified atom stereocenters. The van der Waals surface area contributed by atoms with Crippen molar-refractivity contribution in [2.75, 3.05) is 0 Å². The highest BCUT2D eigenvalue weighted by Gasteiger charge is 2.23. The van der Waals surface area contributed by atoms with E-state index in [1.165, 1.54) is 18.3 Å². The molecular formula is C13H15FN2O2S. The first-order valence-electron chi connectivity index (χ1n) is 6.06. The summed E-state index contributed by atoms with van der Waals surface area (Å²) >= 11 is 0. The largest absolute Gasteiger partial charge is 0.271 e. The van der Waals surface area contributed by atoms with Gasteiger partial charge in [0.25, 0.3) is 0 Å². The Bertz CT molecular complexity index is 675. The third-order valence-electron chi connectivity index (χ3n) is 2.87. The first-order valence-corrected chi connectivity index (χ1v) is 7.54. The van der Waals surface area contributed by atoms with Crippen LogP contribution in [0.4, 0.5) is 4.39 Å². The second kappa shape index (κ2) is 5.13. The number of hydrogen-bond donors (Lipinski definition) is 0. The van der Waals surface area contributed by atoms with Crippen LogP contribution in [-0.4, -0.2) is 18.2 Å². The Morgan fingerprint density at radius 1 is 1.21 bits per heavy atom. The number of nitrogens with zero attached hydrogens (tertiary/aromatic N) is 2. The normalized spacial score (nSPS) is 11.7. The molecular weight excluding hydrogens is 267 g/mol. The predicted molar refractivity (Wildman–Crippen MR) is 69.1 cm³/mol. The van der Waals surface area contributed by atoms with Gasteiger partial charge in [0.15, 0.2) is 0 Å². The summed E-state index contributed by atoms with van der Waals surface area (Å²) in [5, 5.41) is 4.22. The monoisotopic (exact) mass is 282 g/mol. The molecule has 0 fully saturated rings. The van der Waals surface area contributed by atoms with Crippen LogP contribution in [-0.2, 0) is 22.8 Å². The van der Waals surface area contributed by atoms with Crippen molar-refractivity contribution >= 4 is 9.84 Å². The lowest BCUT2D eigenvalue weighted by Crippen LogP contribution is -2.03. The van der Waals surface area contributed by atoms with Gasteiger partial charge < -0.3 is 0 Å². The number of rotatable bonds is 4. The van der Waals surface area contributed by atoms with Gasteiger partial charge in [-0.15, -0.1) is 0 Å². The molecule has 0 saturated heterocycles. The van der Waals surface area contributed by atoms with Gasteiger partial charge in [-0.2, -0.15) is 5.10 Å². The Hall–Kier alpha value is -1.69. The second-order valence-electron chi connectivity index (χ2n) is 4.11. The Balaban J connectivity index is 2.55. The van der Waals surface area contributed by atoms with Crippen LogP contribution < -0.4 is 0 Å². The van der Waals surface area contributed by atoms with Crippen molar-refractivity contribution in [2.45, 2.75) is 36.6 Å². The van der Waals surface area contributed by atoms with Gasteiger partial charge in [0.1, 0.15) is 10.7 Å². The van der Waals surface area contributed by atoms with Crippen LogP contribution in [0.15, 0.2) is 40.3 Å². The van der Waals surface area contributed by atoms with E-state index in [9.17, 15) is 12.8 Å². The number of sulfone groups is 1. The first kappa shape index (κ1) is 13.7. The minimum absolute atomic E-state index is 0.0826. The Kier molecular flexibility index (Phi) is 3.71. The number of halogens is 1. The van der Waals surface area contributed by atoms with E-state index in [1.54, 1.807) is 4.68 Å². The third-order valence-corrected chi connectivity index (χ3v) is 4.69. The summed E-state index contributed by atoms with van der Waals surface area (Å²) in [5.41, 5.74) is 0.533. The zero-order chi connectivity index (χ0) is 14.0. The summed E-state index contributed by atoms with van der Waals surface area (Å²) < 4.78 is 39.4. The molecule has 0 bridgehead atoms. The molecule has 19 heavy (non-hydrogen) atoms. The van der Waals surface area contributed by atoms with Gasteiger partial charge in [-0.1, -0.05) is 6.92 Å². The fourth-order valence-corrected chi connectivity index (χ4v) is 3.32. The van der Waals surface area contributed by atoms with Crippen molar-refractivity contribution in [3.05, 3.63) is 42.0 Å². The molecule has 0 saturated carbocycles. The molecule has 0 amide bonds. The van der Waals surface area contributed by atoms with E-state index in [2.05, 4.69) is 5.10 Å². The molecule has 1 aromatic carbocycles. The molecule has 4 nitrogen and oxygen atoms in total. The van der Waals surface area contributed by atoms with Crippen LogP contribution in [0, 0.1) is 5.82 Å². The fourth-order valence-electron chi connectivity index (χ4n) is 1.82. The van der Waals surface area contributed by atoms with Crippen molar-refractivity contribution in [1.82, 2.24) is 9.78 Å². The van der Waals surface area contributed by atoms with Gasteiger partial charge in [0.2, 0.25) is 9.84 Å². The lowest BCUT2D eigenvalue weighted by Gasteiger charge is -2.03. The number of aromatic nitrogens is 2. The zero-order valence-corrected chi connectivity index (χ0v) is 11.6. The smallest absolute Gasteiger partial charge is 0.209 e. The summed E-state index contributed by atoms with van der Waals surface area (Å²) in [7, 11) is -3.64. The van der Waals surface area contributed by atoms with E-state index in [1.807, 2.05) is 13.8 Å². The molecule has 0 aliphatic rings. The fraction of sp³-hybridized carbons (Fsp3) is 0.308. The van der Waals surface area contributed by atoms with Crippen molar-refractivity contribution in [3.8, 4) is 0 Å². The number of benzene rings is 1. The van der Waals surface area contributed by atoms with Gasteiger partial charge in [-0.25, -0.2) is 12.8 Å². The van der Waals surface area contributed by atoms with Gasteiger partial charge in [-0.3, -0.25) is 4.68 Å². The molecule has 2 rings (SSSR count). The van der Waals surface area contributed by atoms with Crippen LogP contribution >= 0.6 is 0 Å². The maximum absolute atomic E-state index is 12.9. The van der Waals surface area contributed by atoms with Crippen molar-refractivity contribution in [1.29, 1.82) is 0 Å². The second-order valence-corrected chi connectivity index (χ2v) is 6.02. The van der Waals surface area contributed by atoms with Gasteiger partial charge in [-0.05, 0) is 37.6 Å². The van der Waals surface area contributed by atoms with Crippen molar-refractivity contribution in [3.63, 3.8) is 0 Å². The lowest BCUT2D eigenvalue weighted by atomic mass is 10.3. The summed E-state index contributed by atoms with van der Waals surface area (Å²) in [5.74, 6) is -0.459. The van der Waals surface area contributed by atoms with E-state index in [0.29, 0.717) is 18.7 Å². The summed E-state index contributed by atoms with van der Waals surface area (Å²) in [4.78, 5) is 0.280. The Labute approximate surface area is 111 Å². The van der Waals surface area contributed by atoms with E-state index < -0.39 is 15.7 Å². The SMILES string of the molecule is CCc1nn(CC)cc1S(=O)(=O)c1ccc(F)cc1. The predicted octanol–water partition coefficient (Wildman–Crippen LogP) is 2.44. The van der Waals surface area contributed by atoms with Crippen LogP contribution in [0.2, 0.25) is 0 Å². The van der Waals surface area contributed by atoms with Gasteiger partial charge in [0.05, 0.1) is 10.6 Å². The van der Waals surface area contributed by atoms with E-state index in [-0.39, 0.29) is 9.79 Å². The average Bonchev–Trinajstić information content (AvgIpc) is 2.83. The molecule has 102 valence electrons. The van der Waals surface area contributed by atoms with Crippen molar-refractivity contribution < 1.29 is 12.8 Å². The standard InChI is InChI=1S/C13H15FN2O2S/c1-3-12-13(9-16(4-2)15-12)19(17,18)11-7-5-10(14)6-8-11/h5-9H,3-4H2,1-2H3. The van der Waals surface area contributed by atoms with E-state index in [0.717, 1.165) is 12.1 Å². The minimum atomic E-state index is -3.64. The quantitative estimate of drug-likeness (QED) is 0.809. The molecule has 2 aromatic rings. The van der Waals surface area contributed by atoms with Crippen LogP contribution in [0.3, 0.4) is 0 Å². The maximum Gasteiger partial charge on any atom is 0.209 e. The first-order chi connectivity index (χ1) is 8.98. The molecule has 0 radical (unpaired) electrons. The molecule has 0 N–H and O–H groups in total. The van der Waals surface area contributed by atoms with E-state index >= 15 is 0 Å². The Morgan fingerprint density at radius 2 is 1.84 bits per heavy atom. The highest BCUT2D eigenvalue weighted by atomic mass is 32.2. The molecule has 6 heteroatoms. The molecule has 0 aliphatic carbocycles. The number of hydrogen-bond acceptors (Lipinski definition) is 3. The summed E-state index contributed by atoms with van der Waals surface area (Å²) in [6.07, 6.45) is 2.06. The highest BCUT2D eigenvalue weighted by molar-refractivity contribution is 7.91. The van der Waals surface area contributed by atoms with Crippen LogP contribution in [0.5, 0.6) is 0 Å². The topological polar surface area (TPSA) is 52.0 Å². The maximum atomic E-state index is 12.9.